The number of fused-ring (bicyclic) bond motifs is 1. The van der Waals surface area contributed by atoms with Crippen molar-refractivity contribution in [3.63, 3.8) is 0 Å². The summed E-state index contributed by atoms with van der Waals surface area (Å²) in [6.07, 6.45) is 2.39. The zero-order valence-corrected chi connectivity index (χ0v) is 13.1. The summed E-state index contributed by atoms with van der Waals surface area (Å²) in [6, 6.07) is 9.45. The van der Waals surface area contributed by atoms with Crippen LogP contribution in [0.4, 0.5) is 5.69 Å². The van der Waals surface area contributed by atoms with Crippen LogP contribution in [0.2, 0.25) is 0 Å². The third-order valence-electron chi connectivity index (χ3n) is 3.98. The highest BCUT2D eigenvalue weighted by atomic mass is 32.1. The average Bonchev–Trinajstić information content (AvgIpc) is 3.17. The molecular formula is C17H13N3O2S. The molecule has 1 atom stereocenters. The fourth-order valence-electron chi connectivity index (χ4n) is 2.71. The third-order valence-corrected chi connectivity index (χ3v) is 4.87. The number of likely N-dealkylation sites (N-methyl/N-ethyl adjacent to an activating group) is 1. The number of hydrogen-bond donors (Lipinski definition) is 1. The van der Waals surface area contributed by atoms with Crippen LogP contribution >= 0.6 is 11.3 Å². The van der Waals surface area contributed by atoms with E-state index in [1.54, 1.807) is 30.8 Å². The fraction of sp³-hybridized carbons (Fsp3) is 0.118. The number of pyridine rings is 1. The number of aliphatic hydroxyl groups excluding tert-OH is 1. The molecule has 1 aromatic carbocycles. The molecule has 1 amide bonds. The summed E-state index contributed by atoms with van der Waals surface area (Å²) in [5, 5.41) is 12.9. The maximum Gasteiger partial charge on any atom is 0.260 e. The van der Waals surface area contributed by atoms with Gasteiger partial charge in [-0.25, -0.2) is 4.98 Å². The standard InChI is InChI=1S/C17H13N3O2S/c1-20-14-3-2-11(8-12(14)15(21)17(20)22)13-9-23-16(19-13)10-4-6-18-7-5-10/h2-9,15,21H,1H3. The second-order valence-corrected chi connectivity index (χ2v) is 6.21. The SMILES string of the molecule is CN1C(=O)C(O)c2cc(-c3csc(-c4ccncc4)n3)ccc21. The predicted octanol–water partition coefficient (Wildman–Crippen LogP) is 2.88. The van der Waals surface area contributed by atoms with Crippen LogP contribution < -0.4 is 4.90 Å². The molecule has 0 aliphatic carbocycles. The first kappa shape index (κ1) is 14.0. The van der Waals surface area contributed by atoms with Gasteiger partial charge in [-0.2, -0.15) is 0 Å². The molecule has 1 aliphatic heterocycles. The summed E-state index contributed by atoms with van der Waals surface area (Å²) in [4.78, 5) is 22.0. The van der Waals surface area contributed by atoms with E-state index in [9.17, 15) is 9.90 Å². The molecule has 0 saturated heterocycles. The molecule has 3 aromatic rings. The molecule has 4 rings (SSSR count). The minimum absolute atomic E-state index is 0.298. The van der Waals surface area contributed by atoms with Gasteiger partial charge >= 0.3 is 0 Å². The summed E-state index contributed by atoms with van der Waals surface area (Å²) in [6.45, 7) is 0. The Balaban J connectivity index is 1.73. The first-order valence-electron chi connectivity index (χ1n) is 7.11. The van der Waals surface area contributed by atoms with Gasteiger partial charge in [0.15, 0.2) is 6.10 Å². The van der Waals surface area contributed by atoms with Gasteiger partial charge in [-0.3, -0.25) is 9.78 Å². The molecule has 1 N–H and O–H groups in total. The van der Waals surface area contributed by atoms with Gasteiger partial charge < -0.3 is 10.0 Å². The molecule has 1 unspecified atom stereocenters. The summed E-state index contributed by atoms with van der Waals surface area (Å²) >= 11 is 1.55. The van der Waals surface area contributed by atoms with Gasteiger partial charge in [0.2, 0.25) is 0 Å². The second kappa shape index (κ2) is 5.26. The minimum Gasteiger partial charge on any atom is -0.378 e. The van der Waals surface area contributed by atoms with E-state index in [0.29, 0.717) is 5.56 Å². The fourth-order valence-corrected chi connectivity index (χ4v) is 3.54. The molecule has 0 radical (unpaired) electrons. The van der Waals surface area contributed by atoms with Crippen LogP contribution in [0.15, 0.2) is 48.1 Å². The molecule has 23 heavy (non-hydrogen) atoms. The molecule has 114 valence electrons. The monoisotopic (exact) mass is 323 g/mol. The zero-order valence-electron chi connectivity index (χ0n) is 12.3. The molecule has 2 aromatic heterocycles. The number of aliphatic hydroxyl groups is 1. The molecule has 6 heteroatoms. The molecule has 1 aliphatic rings. The van der Waals surface area contributed by atoms with Gasteiger partial charge in [0, 0.05) is 47.2 Å². The highest BCUT2D eigenvalue weighted by molar-refractivity contribution is 7.13. The first-order chi connectivity index (χ1) is 11.1. The van der Waals surface area contributed by atoms with Crippen LogP contribution in [-0.2, 0) is 4.79 Å². The predicted molar refractivity (Wildman–Crippen MR) is 89.2 cm³/mol. The van der Waals surface area contributed by atoms with Gasteiger partial charge in [-0.1, -0.05) is 6.07 Å². The van der Waals surface area contributed by atoms with Gasteiger partial charge in [-0.15, -0.1) is 11.3 Å². The first-order valence-corrected chi connectivity index (χ1v) is 7.99. The van der Waals surface area contributed by atoms with Gasteiger partial charge in [0.05, 0.1) is 5.69 Å². The Morgan fingerprint density at radius 1 is 1.17 bits per heavy atom. The molecule has 0 spiro atoms. The van der Waals surface area contributed by atoms with Crippen molar-refractivity contribution in [2.24, 2.45) is 0 Å². The Morgan fingerprint density at radius 2 is 1.96 bits per heavy atom. The van der Waals surface area contributed by atoms with E-state index in [1.165, 1.54) is 4.90 Å². The van der Waals surface area contributed by atoms with Gasteiger partial charge in [0.25, 0.3) is 5.91 Å². The Labute approximate surface area is 136 Å². The number of anilines is 1. The number of rotatable bonds is 2. The average molecular weight is 323 g/mol. The number of benzene rings is 1. The Hall–Kier alpha value is -2.57. The lowest BCUT2D eigenvalue weighted by molar-refractivity contribution is -0.125. The van der Waals surface area contributed by atoms with Crippen molar-refractivity contribution in [1.82, 2.24) is 9.97 Å². The normalized spacial score (nSPS) is 16.7. The third kappa shape index (κ3) is 2.23. The van der Waals surface area contributed by atoms with E-state index >= 15 is 0 Å². The topological polar surface area (TPSA) is 66.3 Å². The largest absolute Gasteiger partial charge is 0.378 e. The number of carbonyl (C=O) groups excluding carboxylic acids is 1. The van der Waals surface area contributed by atoms with Crippen LogP contribution in [0, 0.1) is 0 Å². The number of nitrogens with zero attached hydrogens (tertiary/aromatic N) is 3. The number of aromatic nitrogens is 2. The quantitative estimate of drug-likeness (QED) is 0.787. The van der Waals surface area contributed by atoms with Crippen molar-refractivity contribution in [2.75, 3.05) is 11.9 Å². The van der Waals surface area contributed by atoms with Crippen LogP contribution in [0.5, 0.6) is 0 Å². The van der Waals surface area contributed by atoms with Crippen molar-refractivity contribution >= 4 is 22.9 Å². The van der Waals surface area contributed by atoms with Crippen molar-refractivity contribution in [1.29, 1.82) is 0 Å². The van der Waals surface area contributed by atoms with E-state index in [4.69, 9.17) is 0 Å². The number of carbonyl (C=O) groups is 1. The van der Waals surface area contributed by atoms with Crippen LogP contribution in [0.3, 0.4) is 0 Å². The molecule has 5 nitrogen and oxygen atoms in total. The van der Waals surface area contributed by atoms with E-state index < -0.39 is 6.10 Å². The van der Waals surface area contributed by atoms with E-state index in [1.807, 2.05) is 35.7 Å². The highest BCUT2D eigenvalue weighted by Crippen LogP contribution is 2.38. The van der Waals surface area contributed by atoms with Crippen molar-refractivity contribution in [2.45, 2.75) is 6.10 Å². The zero-order chi connectivity index (χ0) is 16.0. The Kier molecular flexibility index (Phi) is 3.21. The maximum atomic E-state index is 11.9. The van der Waals surface area contributed by atoms with Crippen molar-refractivity contribution < 1.29 is 9.90 Å². The molecule has 0 saturated carbocycles. The number of hydrogen-bond acceptors (Lipinski definition) is 5. The minimum atomic E-state index is -1.09. The summed E-state index contributed by atoms with van der Waals surface area (Å²) in [5.41, 5.74) is 4.12. The molecular weight excluding hydrogens is 310 g/mol. The van der Waals surface area contributed by atoms with Crippen LogP contribution in [-0.4, -0.2) is 28.0 Å². The summed E-state index contributed by atoms with van der Waals surface area (Å²) in [5.74, 6) is -0.298. The van der Waals surface area contributed by atoms with Crippen LogP contribution in [0.1, 0.15) is 11.7 Å². The summed E-state index contributed by atoms with van der Waals surface area (Å²) in [7, 11) is 1.67. The van der Waals surface area contributed by atoms with E-state index in [2.05, 4.69) is 9.97 Å². The molecule has 0 bridgehead atoms. The van der Waals surface area contributed by atoms with Crippen LogP contribution in [0.25, 0.3) is 21.8 Å². The number of amides is 1. The van der Waals surface area contributed by atoms with Crippen molar-refractivity contribution in [3.8, 4) is 21.8 Å². The smallest absolute Gasteiger partial charge is 0.260 e. The van der Waals surface area contributed by atoms with Gasteiger partial charge in [0.1, 0.15) is 5.01 Å². The second-order valence-electron chi connectivity index (χ2n) is 5.35. The summed E-state index contributed by atoms with van der Waals surface area (Å²) < 4.78 is 0. The lowest BCUT2D eigenvalue weighted by Crippen LogP contribution is -2.23. The lowest BCUT2D eigenvalue weighted by Gasteiger charge is -2.09. The van der Waals surface area contributed by atoms with E-state index in [-0.39, 0.29) is 5.91 Å². The van der Waals surface area contributed by atoms with E-state index in [0.717, 1.165) is 27.5 Å². The lowest BCUT2D eigenvalue weighted by atomic mass is 10.1. The molecule has 0 fully saturated rings. The van der Waals surface area contributed by atoms with Gasteiger partial charge in [-0.05, 0) is 24.3 Å². The Morgan fingerprint density at radius 3 is 2.74 bits per heavy atom. The van der Waals surface area contributed by atoms with Crippen molar-refractivity contribution in [3.05, 3.63) is 53.7 Å². The molecule has 3 heterocycles. The number of thiazole rings is 1. The Bertz CT molecular complexity index is 892. The highest BCUT2D eigenvalue weighted by Gasteiger charge is 2.33. The maximum absolute atomic E-state index is 11.9.